The summed E-state index contributed by atoms with van der Waals surface area (Å²) in [4.78, 5) is 23.2. The van der Waals surface area contributed by atoms with E-state index in [0.29, 0.717) is 18.7 Å². The van der Waals surface area contributed by atoms with Crippen LogP contribution < -0.4 is 16.0 Å². The highest BCUT2D eigenvalue weighted by Gasteiger charge is 2.38. The van der Waals surface area contributed by atoms with Crippen LogP contribution in [-0.4, -0.2) is 67.1 Å². The number of nitrogens with one attached hydrogen (secondary N) is 3. The number of carbonyl (C=O) groups excluding carboxylic acids is 1. The maximum atomic E-state index is 12.1. The molecule has 2 heterocycles. The molecule has 1 saturated carbocycles. The summed E-state index contributed by atoms with van der Waals surface area (Å²) >= 11 is 0. The van der Waals surface area contributed by atoms with Gasteiger partial charge < -0.3 is 16.0 Å². The largest absolute Gasteiger partial charge is 0.355 e. The van der Waals surface area contributed by atoms with Crippen LogP contribution in [0.1, 0.15) is 61.7 Å². The minimum absolute atomic E-state index is 0.103. The van der Waals surface area contributed by atoms with Crippen molar-refractivity contribution < 1.29 is 4.79 Å². The average molecular weight is 401 g/mol. The minimum Gasteiger partial charge on any atom is -0.355 e. The normalized spacial score (nSPS) is 20.1. The summed E-state index contributed by atoms with van der Waals surface area (Å²) in [6.07, 6.45) is 13.8. The number of hydrogen-bond acceptors (Lipinski definition) is 4. The lowest BCUT2D eigenvalue weighted by Crippen LogP contribution is -2.59. The van der Waals surface area contributed by atoms with E-state index in [2.05, 4.69) is 30.8 Å². The monoisotopic (exact) mass is 400 g/mol. The highest BCUT2D eigenvalue weighted by molar-refractivity contribution is 5.93. The number of guanidine groups is 1. The molecule has 3 rings (SSSR count). The molecule has 1 saturated heterocycles. The molecule has 0 unspecified atom stereocenters. The second-order valence-corrected chi connectivity index (χ2v) is 8.18. The fourth-order valence-corrected chi connectivity index (χ4v) is 4.61. The Morgan fingerprint density at radius 3 is 2.48 bits per heavy atom. The van der Waals surface area contributed by atoms with Gasteiger partial charge in [-0.3, -0.25) is 19.7 Å². The lowest BCUT2D eigenvalue weighted by atomic mass is 9.79. The van der Waals surface area contributed by atoms with Crippen LogP contribution in [0.2, 0.25) is 0 Å². The zero-order chi connectivity index (χ0) is 20.4. The quantitative estimate of drug-likeness (QED) is 0.371. The maximum Gasteiger partial charge on any atom is 0.252 e. The molecule has 29 heavy (non-hydrogen) atoms. The van der Waals surface area contributed by atoms with Crippen LogP contribution in [0, 0.1) is 0 Å². The first-order valence-corrected chi connectivity index (χ1v) is 11.1. The number of pyridine rings is 1. The Kier molecular flexibility index (Phi) is 8.28. The third-order valence-electron chi connectivity index (χ3n) is 6.25. The first-order valence-electron chi connectivity index (χ1n) is 11.1. The Morgan fingerprint density at radius 2 is 1.79 bits per heavy atom. The number of carbonyl (C=O) groups is 1. The summed E-state index contributed by atoms with van der Waals surface area (Å²) in [7, 11) is 1.80. The topological polar surface area (TPSA) is 81.6 Å². The average Bonchev–Trinajstić information content (AvgIpc) is 2.80. The summed E-state index contributed by atoms with van der Waals surface area (Å²) in [5.41, 5.74) is 0.848. The van der Waals surface area contributed by atoms with E-state index in [-0.39, 0.29) is 11.4 Å². The van der Waals surface area contributed by atoms with Gasteiger partial charge in [-0.2, -0.15) is 0 Å². The standard InChI is InChI=1S/C22H36N6O/c1-23-21(26-14-13-25-20(29)19-9-8-12-24-17-19)27-18-22(10-4-2-5-11-22)28-15-6-3-7-16-28/h8-9,12,17H,2-7,10-11,13-16,18H2,1H3,(H,25,29)(H2,23,26,27). The van der Waals surface area contributed by atoms with Gasteiger partial charge in [0, 0.05) is 44.6 Å². The molecular formula is C22H36N6O. The van der Waals surface area contributed by atoms with Crippen molar-refractivity contribution in [3.8, 4) is 0 Å². The number of hydrogen-bond donors (Lipinski definition) is 3. The van der Waals surface area contributed by atoms with Gasteiger partial charge in [0.15, 0.2) is 5.96 Å². The van der Waals surface area contributed by atoms with Gasteiger partial charge >= 0.3 is 0 Å². The maximum absolute atomic E-state index is 12.1. The number of rotatable bonds is 7. The van der Waals surface area contributed by atoms with Crippen molar-refractivity contribution in [2.24, 2.45) is 4.99 Å². The summed E-state index contributed by atoms with van der Waals surface area (Å²) in [5.74, 6) is 0.705. The minimum atomic E-state index is -0.103. The van der Waals surface area contributed by atoms with Gasteiger partial charge in [0.05, 0.1) is 5.56 Å². The first-order chi connectivity index (χ1) is 14.2. The Bertz CT molecular complexity index is 651. The summed E-state index contributed by atoms with van der Waals surface area (Å²) in [6, 6.07) is 3.53. The molecule has 0 bridgehead atoms. The molecule has 0 atom stereocenters. The van der Waals surface area contributed by atoms with E-state index in [4.69, 9.17) is 0 Å². The van der Waals surface area contributed by atoms with Gasteiger partial charge in [0.2, 0.25) is 0 Å². The molecule has 7 heteroatoms. The smallest absolute Gasteiger partial charge is 0.252 e. The second kappa shape index (κ2) is 11.1. The number of aliphatic imine (C=N–C) groups is 1. The van der Waals surface area contributed by atoms with Crippen LogP contribution in [0.3, 0.4) is 0 Å². The van der Waals surface area contributed by atoms with Crippen molar-refractivity contribution >= 4 is 11.9 Å². The van der Waals surface area contributed by atoms with Gasteiger partial charge in [-0.25, -0.2) is 0 Å². The van der Waals surface area contributed by atoms with Crippen molar-refractivity contribution in [1.29, 1.82) is 0 Å². The third kappa shape index (κ3) is 6.16. The third-order valence-corrected chi connectivity index (χ3v) is 6.25. The SMILES string of the molecule is CN=C(NCCNC(=O)c1cccnc1)NCC1(N2CCCCC2)CCCCC1. The van der Waals surface area contributed by atoms with Gasteiger partial charge in [-0.1, -0.05) is 25.7 Å². The number of nitrogens with zero attached hydrogens (tertiary/aromatic N) is 3. The summed E-state index contributed by atoms with van der Waals surface area (Å²) in [5, 5.41) is 9.81. The highest BCUT2D eigenvalue weighted by Crippen LogP contribution is 2.35. The van der Waals surface area contributed by atoms with E-state index >= 15 is 0 Å². The molecular weight excluding hydrogens is 364 g/mol. The molecule has 1 aromatic rings. The summed E-state index contributed by atoms with van der Waals surface area (Å²) in [6.45, 7) is 4.56. The van der Waals surface area contributed by atoms with Crippen molar-refractivity contribution in [3.63, 3.8) is 0 Å². The number of piperidine rings is 1. The lowest BCUT2D eigenvalue weighted by molar-refractivity contribution is 0.0368. The van der Waals surface area contributed by atoms with Crippen LogP contribution in [0.25, 0.3) is 0 Å². The molecule has 2 aliphatic rings. The van der Waals surface area contributed by atoms with Crippen LogP contribution in [0.5, 0.6) is 0 Å². The molecule has 1 aliphatic carbocycles. The molecule has 1 aliphatic heterocycles. The van der Waals surface area contributed by atoms with E-state index in [1.54, 1.807) is 31.6 Å². The van der Waals surface area contributed by atoms with Crippen LogP contribution in [0.4, 0.5) is 0 Å². The molecule has 1 aromatic heterocycles. The van der Waals surface area contributed by atoms with Gasteiger partial charge in [0.1, 0.15) is 0 Å². The molecule has 3 N–H and O–H groups in total. The number of aromatic nitrogens is 1. The van der Waals surface area contributed by atoms with E-state index in [1.807, 2.05) is 0 Å². The van der Waals surface area contributed by atoms with E-state index in [0.717, 1.165) is 12.5 Å². The first kappa shape index (κ1) is 21.6. The van der Waals surface area contributed by atoms with E-state index in [1.165, 1.54) is 64.5 Å². The Hall–Kier alpha value is -2.15. The molecule has 0 radical (unpaired) electrons. The van der Waals surface area contributed by atoms with Crippen molar-refractivity contribution in [2.75, 3.05) is 39.8 Å². The van der Waals surface area contributed by atoms with Crippen LogP contribution in [0.15, 0.2) is 29.5 Å². The van der Waals surface area contributed by atoms with E-state index in [9.17, 15) is 4.79 Å². The van der Waals surface area contributed by atoms with Gasteiger partial charge in [0.25, 0.3) is 5.91 Å². The molecule has 2 fully saturated rings. The summed E-state index contributed by atoms with van der Waals surface area (Å²) < 4.78 is 0. The van der Waals surface area contributed by atoms with Gasteiger partial charge in [-0.15, -0.1) is 0 Å². The fraction of sp³-hybridized carbons (Fsp3) is 0.682. The number of likely N-dealkylation sites (tertiary alicyclic amines) is 1. The molecule has 1 amide bonds. The molecule has 7 nitrogen and oxygen atoms in total. The van der Waals surface area contributed by atoms with Crippen LogP contribution >= 0.6 is 0 Å². The predicted molar refractivity (Wildman–Crippen MR) is 117 cm³/mol. The van der Waals surface area contributed by atoms with Crippen molar-refractivity contribution in [2.45, 2.75) is 56.9 Å². The molecule has 0 spiro atoms. The predicted octanol–water partition coefficient (Wildman–Crippen LogP) is 2.17. The van der Waals surface area contributed by atoms with E-state index < -0.39 is 0 Å². The van der Waals surface area contributed by atoms with Crippen molar-refractivity contribution in [1.82, 2.24) is 25.8 Å². The highest BCUT2D eigenvalue weighted by atomic mass is 16.1. The Labute approximate surface area is 174 Å². The zero-order valence-electron chi connectivity index (χ0n) is 17.8. The van der Waals surface area contributed by atoms with Crippen molar-refractivity contribution in [3.05, 3.63) is 30.1 Å². The lowest BCUT2D eigenvalue weighted by Gasteiger charge is -2.48. The zero-order valence-corrected chi connectivity index (χ0v) is 17.8. The van der Waals surface area contributed by atoms with Gasteiger partial charge in [-0.05, 0) is 50.9 Å². The number of amides is 1. The second-order valence-electron chi connectivity index (χ2n) is 8.18. The fourth-order valence-electron chi connectivity index (χ4n) is 4.61. The van der Waals surface area contributed by atoms with Crippen LogP contribution in [-0.2, 0) is 0 Å². The Morgan fingerprint density at radius 1 is 1.07 bits per heavy atom. The molecule has 0 aromatic carbocycles. The molecule has 160 valence electrons. The Balaban J connectivity index is 1.44.